The topological polar surface area (TPSA) is 12.9 Å². The van der Waals surface area contributed by atoms with E-state index in [9.17, 15) is 0 Å². The molecule has 2 aromatic rings. The van der Waals surface area contributed by atoms with Crippen LogP contribution in [0.3, 0.4) is 0 Å². The van der Waals surface area contributed by atoms with Crippen LogP contribution in [0.15, 0.2) is 36.5 Å². The molecule has 89 valence electrons. The molecule has 1 aromatic carbocycles. The third-order valence-corrected chi connectivity index (χ3v) is 3.19. The lowest BCUT2D eigenvalue weighted by Gasteiger charge is -2.05. The lowest BCUT2D eigenvalue weighted by Crippen LogP contribution is -1.89. The van der Waals surface area contributed by atoms with Crippen molar-refractivity contribution in [3.05, 3.63) is 49.0 Å². The van der Waals surface area contributed by atoms with Crippen molar-refractivity contribution in [2.75, 3.05) is 0 Å². The first-order chi connectivity index (χ1) is 8.42. The number of benzene rings is 1. The Morgan fingerprint density at radius 1 is 0.941 bits per heavy atom. The second-order valence-corrected chi connectivity index (χ2v) is 4.50. The Morgan fingerprint density at radius 2 is 1.76 bits per heavy atom. The molecule has 0 fully saturated rings. The molecule has 0 atom stereocenters. The van der Waals surface area contributed by atoms with Gasteiger partial charge in [-0.1, -0.05) is 50.8 Å². The van der Waals surface area contributed by atoms with E-state index >= 15 is 0 Å². The quantitative estimate of drug-likeness (QED) is 0.658. The van der Waals surface area contributed by atoms with Crippen molar-refractivity contribution in [2.45, 2.75) is 38.5 Å². The van der Waals surface area contributed by atoms with Crippen LogP contribution in [0.1, 0.15) is 37.7 Å². The summed E-state index contributed by atoms with van der Waals surface area (Å²) in [7, 11) is 0. The average Bonchev–Trinajstić information content (AvgIpc) is 2.39. The van der Waals surface area contributed by atoms with Crippen molar-refractivity contribution >= 4 is 10.9 Å². The summed E-state index contributed by atoms with van der Waals surface area (Å²) in [5.41, 5.74) is 2.55. The highest BCUT2D eigenvalue weighted by Gasteiger charge is 2.00. The maximum atomic E-state index is 4.39. The van der Waals surface area contributed by atoms with Gasteiger partial charge < -0.3 is 0 Å². The smallest absolute Gasteiger partial charge is 0.0704 e. The first-order valence-corrected chi connectivity index (χ1v) is 6.53. The highest BCUT2D eigenvalue weighted by Crippen LogP contribution is 2.18. The predicted octanol–water partition coefficient (Wildman–Crippen LogP) is 4.56. The van der Waals surface area contributed by atoms with Crippen LogP contribution >= 0.6 is 0 Å². The van der Waals surface area contributed by atoms with E-state index in [0.717, 1.165) is 11.9 Å². The third kappa shape index (κ3) is 3.29. The second kappa shape index (κ2) is 6.39. The largest absolute Gasteiger partial charge is 0.256 e. The Balaban J connectivity index is 1.98. The van der Waals surface area contributed by atoms with Crippen LogP contribution in [0.2, 0.25) is 0 Å². The van der Waals surface area contributed by atoms with E-state index in [1.807, 2.05) is 12.3 Å². The van der Waals surface area contributed by atoms with Gasteiger partial charge in [-0.05, 0) is 30.5 Å². The van der Waals surface area contributed by atoms with Gasteiger partial charge in [0.2, 0.25) is 0 Å². The molecule has 0 bridgehead atoms. The van der Waals surface area contributed by atoms with Gasteiger partial charge in [0.25, 0.3) is 0 Å². The molecule has 0 saturated heterocycles. The lowest BCUT2D eigenvalue weighted by molar-refractivity contribution is 0.646. The van der Waals surface area contributed by atoms with Gasteiger partial charge in [0.15, 0.2) is 0 Å². The summed E-state index contributed by atoms with van der Waals surface area (Å²) >= 11 is 0. The lowest BCUT2D eigenvalue weighted by atomic mass is 10.0. The standard InChI is InChI=1S/C16H20N/c1-2-3-4-5-6-9-14-12-13-17-16-11-8-7-10-15(14)16/h7-8,10-13H,1-6,9H2. The molecule has 17 heavy (non-hydrogen) atoms. The normalized spacial score (nSPS) is 10.9. The first-order valence-electron chi connectivity index (χ1n) is 6.53. The van der Waals surface area contributed by atoms with E-state index in [2.05, 4.69) is 36.2 Å². The van der Waals surface area contributed by atoms with Gasteiger partial charge in [0.05, 0.1) is 5.52 Å². The SMILES string of the molecule is [CH2]CCCCCCc1ccnc2ccccc12. The summed E-state index contributed by atoms with van der Waals surface area (Å²) in [6.45, 7) is 3.87. The second-order valence-electron chi connectivity index (χ2n) is 4.50. The monoisotopic (exact) mass is 226 g/mol. The van der Waals surface area contributed by atoms with E-state index in [4.69, 9.17) is 0 Å². The minimum absolute atomic E-state index is 1.07. The van der Waals surface area contributed by atoms with Crippen molar-refractivity contribution in [2.24, 2.45) is 0 Å². The third-order valence-electron chi connectivity index (χ3n) is 3.19. The van der Waals surface area contributed by atoms with Gasteiger partial charge in [-0.15, -0.1) is 0 Å². The summed E-state index contributed by atoms with van der Waals surface area (Å²) < 4.78 is 0. The molecule has 0 spiro atoms. The molecule has 1 aromatic heterocycles. The number of para-hydroxylation sites is 1. The molecule has 0 N–H and O–H groups in total. The number of hydrogen-bond acceptors (Lipinski definition) is 1. The number of aromatic nitrogens is 1. The van der Waals surface area contributed by atoms with Crippen LogP contribution in [0.25, 0.3) is 10.9 Å². The van der Waals surface area contributed by atoms with Crippen LogP contribution in [0, 0.1) is 6.92 Å². The molecule has 2 rings (SSSR count). The zero-order valence-corrected chi connectivity index (χ0v) is 10.4. The molecule has 0 unspecified atom stereocenters. The maximum absolute atomic E-state index is 4.39. The molecule has 1 heteroatoms. The van der Waals surface area contributed by atoms with Crippen LogP contribution in [0.5, 0.6) is 0 Å². The fourth-order valence-electron chi connectivity index (χ4n) is 2.22. The Hall–Kier alpha value is -1.37. The summed E-state index contributed by atoms with van der Waals surface area (Å²) in [6, 6.07) is 10.6. The molecule has 0 amide bonds. The summed E-state index contributed by atoms with van der Waals surface area (Å²) in [5, 5.41) is 1.31. The summed E-state index contributed by atoms with van der Waals surface area (Å²) in [6.07, 6.45) is 9.32. The minimum Gasteiger partial charge on any atom is -0.256 e. The molecule has 1 radical (unpaired) electrons. The predicted molar refractivity (Wildman–Crippen MR) is 73.9 cm³/mol. The molecule has 0 aliphatic carbocycles. The van der Waals surface area contributed by atoms with E-state index in [1.54, 1.807) is 0 Å². The number of fused-ring (bicyclic) bond motifs is 1. The number of nitrogens with zero attached hydrogens (tertiary/aromatic N) is 1. The zero-order chi connectivity index (χ0) is 11.9. The molecule has 1 heterocycles. The van der Waals surface area contributed by atoms with Crippen molar-refractivity contribution in [1.82, 2.24) is 4.98 Å². The van der Waals surface area contributed by atoms with Gasteiger partial charge in [-0.3, -0.25) is 4.98 Å². The minimum atomic E-state index is 1.07. The highest BCUT2D eigenvalue weighted by molar-refractivity contribution is 5.81. The van der Waals surface area contributed by atoms with Gasteiger partial charge in [-0.25, -0.2) is 0 Å². The molecule has 0 saturated carbocycles. The van der Waals surface area contributed by atoms with Gasteiger partial charge in [-0.2, -0.15) is 0 Å². The maximum Gasteiger partial charge on any atom is 0.0704 e. The number of unbranched alkanes of at least 4 members (excludes halogenated alkanes) is 4. The average molecular weight is 226 g/mol. The number of rotatable bonds is 6. The fourth-order valence-corrected chi connectivity index (χ4v) is 2.22. The molecular weight excluding hydrogens is 206 g/mol. The van der Waals surface area contributed by atoms with E-state index in [0.29, 0.717) is 0 Å². The Kier molecular flexibility index (Phi) is 4.54. The van der Waals surface area contributed by atoms with Crippen molar-refractivity contribution in [1.29, 1.82) is 0 Å². The molecule has 0 aliphatic rings. The molecule has 0 aliphatic heterocycles. The van der Waals surface area contributed by atoms with Crippen LogP contribution in [-0.2, 0) is 6.42 Å². The van der Waals surface area contributed by atoms with E-state index in [-0.39, 0.29) is 0 Å². The highest BCUT2D eigenvalue weighted by atomic mass is 14.6. The number of aryl methyl sites for hydroxylation is 1. The van der Waals surface area contributed by atoms with Crippen molar-refractivity contribution < 1.29 is 0 Å². The van der Waals surface area contributed by atoms with E-state index < -0.39 is 0 Å². The van der Waals surface area contributed by atoms with Gasteiger partial charge in [0.1, 0.15) is 0 Å². The molecule has 1 nitrogen and oxygen atoms in total. The molecular formula is C16H20N. The Morgan fingerprint density at radius 3 is 2.65 bits per heavy atom. The van der Waals surface area contributed by atoms with Crippen LogP contribution in [-0.4, -0.2) is 4.98 Å². The van der Waals surface area contributed by atoms with Gasteiger partial charge in [0, 0.05) is 11.6 Å². The van der Waals surface area contributed by atoms with Gasteiger partial charge >= 0.3 is 0 Å². The van der Waals surface area contributed by atoms with Crippen molar-refractivity contribution in [3.63, 3.8) is 0 Å². The summed E-state index contributed by atoms with van der Waals surface area (Å²) in [4.78, 5) is 4.39. The first kappa shape index (κ1) is 12.1. The number of hydrogen-bond donors (Lipinski definition) is 0. The van der Waals surface area contributed by atoms with E-state index in [1.165, 1.54) is 43.1 Å². The zero-order valence-electron chi connectivity index (χ0n) is 10.4. The van der Waals surface area contributed by atoms with Crippen LogP contribution < -0.4 is 0 Å². The summed E-state index contributed by atoms with van der Waals surface area (Å²) in [5.74, 6) is 0. The fraction of sp³-hybridized carbons (Fsp3) is 0.375. The van der Waals surface area contributed by atoms with Crippen LogP contribution in [0.4, 0.5) is 0 Å². The number of pyridine rings is 1. The Bertz CT molecular complexity index is 457. The van der Waals surface area contributed by atoms with Crippen molar-refractivity contribution in [3.8, 4) is 0 Å². The Labute approximate surface area is 104 Å².